The van der Waals surface area contributed by atoms with Gasteiger partial charge in [-0.3, -0.25) is 0 Å². The highest BCUT2D eigenvalue weighted by molar-refractivity contribution is 7.16. The van der Waals surface area contributed by atoms with E-state index in [9.17, 15) is 0 Å². The van der Waals surface area contributed by atoms with Crippen LogP contribution in [0.2, 0.25) is 9.36 Å². The fourth-order valence-electron chi connectivity index (χ4n) is 1.40. The van der Waals surface area contributed by atoms with Gasteiger partial charge >= 0.3 is 0 Å². The number of hydrogen-bond acceptors (Lipinski definition) is 1. The zero-order chi connectivity index (χ0) is 11.7. The molecule has 0 aliphatic carbocycles. The minimum absolute atomic E-state index is 0.185. The van der Waals surface area contributed by atoms with E-state index in [1.165, 1.54) is 11.3 Å². The largest absolute Gasteiger partial charge is 0.127 e. The maximum atomic E-state index is 6.36. The van der Waals surface area contributed by atoms with E-state index < -0.39 is 0 Å². The predicted molar refractivity (Wildman–Crippen MR) is 73.2 cm³/mol. The van der Waals surface area contributed by atoms with E-state index in [0.29, 0.717) is 0 Å². The number of aryl methyl sites for hydroxylation is 1. The molecule has 1 heterocycles. The van der Waals surface area contributed by atoms with Crippen LogP contribution >= 0.6 is 46.1 Å². The zero-order valence-corrected chi connectivity index (χ0v) is 11.6. The van der Waals surface area contributed by atoms with E-state index in [4.69, 9.17) is 34.8 Å². The molecule has 0 saturated carbocycles. The van der Waals surface area contributed by atoms with Gasteiger partial charge in [0, 0.05) is 9.90 Å². The van der Waals surface area contributed by atoms with Gasteiger partial charge in [0.25, 0.3) is 0 Å². The summed E-state index contributed by atoms with van der Waals surface area (Å²) in [6, 6.07) is 9.67. The third-order valence-electron chi connectivity index (χ3n) is 2.33. The average molecular weight is 292 g/mol. The molecule has 84 valence electrons. The summed E-state index contributed by atoms with van der Waals surface area (Å²) in [7, 11) is 0. The molecule has 0 aliphatic rings. The molecule has 0 nitrogen and oxygen atoms in total. The Morgan fingerprint density at radius 3 is 2.44 bits per heavy atom. The van der Waals surface area contributed by atoms with Gasteiger partial charge in [-0.15, -0.1) is 22.9 Å². The van der Waals surface area contributed by atoms with E-state index in [1.807, 2.05) is 37.3 Å². The van der Waals surface area contributed by atoms with Crippen LogP contribution < -0.4 is 0 Å². The Hall–Kier alpha value is -0.210. The van der Waals surface area contributed by atoms with E-state index in [0.717, 1.165) is 25.4 Å². The summed E-state index contributed by atoms with van der Waals surface area (Å²) in [5, 5.41) is 0.557. The molecule has 1 aromatic heterocycles. The summed E-state index contributed by atoms with van der Waals surface area (Å²) in [6.45, 7) is 1.97. The lowest BCUT2D eigenvalue weighted by molar-refractivity contribution is 1.18. The van der Waals surface area contributed by atoms with Crippen molar-refractivity contribution in [3.05, 3.63) is 55.7 Å². The van der Waals surface area contributed by atoms with Crippen molar-refractivity contribution in [3.63, 3.8) is 0 Å². The number of thiophene rings is 1. The topological polar surface area (TPSA) is 0 Å². The summed E-state index contributed by atoms with van der Waals surface area (Å²) in [5.74, 6) is 0. The Bertz CT molecular complexity index is 505. The maximum Gasteiger partial charge on any atom is 0.0931 e. The van der Waals surface area contributed by atoms with Gasteiger partial charge in [-0.05, 0) is 36.2 Å². The van der Waals surface area contributed by atoms with Crippen molar-refractivity contribution < 1.29 is 0 Å². The van der Waals surface area contributed by atoms with Gasteiger partial charge in [0.2, 0.25) is 0 Å². The van der Waals surface area contributed by atoms with Crippen LogP contribution in [-0.2, 0) is 0 Å². The first-order chi connectivity index (χ1) is 7.58. The van der Waals surface area contributed by atoms with E-state index in [-0.39, 0.29) is 5.38 Å². The van der Waals surface area contributed by atoms with Crippen LogP contribution in [0.1, 0.15) is 21.4 Å². The van der Waals surface area contributed by atoms with Gasteiger partial charge in [-0.25, -0.2) is 0 Å². The molecule has 1 unspecified atom stereocenters. The summed E-state index contributed by atoms with van der Waals surface area (Å²) >= 11 is 19.8. The first-order valence-corrected chi connectivity index (χ1v) is 6.74. The number of halogens is 3. The van der Waals surface area contributed by atoms with Crippen molar-refractivity contribution in [2.75, 3.05) is 0 Å². The lowest BCUT2D eigenvalue weighted by atomic mass is 10.1. The highest BCUT2D eigenvalue weighted by Gasteiger charge is 2.13. The second-order valence-corrected chi connectivity index (χ2v) is 6.10. The molecular weight excluding hydrogens is 283 g/mol. The minimum atomic E-state index is -0.185. The normalized spacial score (nSPS) is 12.8. The molecule has 0 saturated heterocycles. The van der Waals surface area contributed by atoms with Gasteiger partial charge in [-0.2, -0.15) is 0 Å². The number of hydrogen-bond donors (Lipinski definition) is 0. The Kier molecular flexibility index (Phi) is 3.81. The molecule has 2 rings (SSSR count). The molecule has 0 fully saturated rings. The Balaban J connectivity index is 2.33. The second-order valence-electron chi connectivity index (χ2n) is 3.51. The molecule has 0 N–H and O–H groups in total. The maximum absolute atomic E-state index is 6.36. The van der Waals surface area contributed by atoms with E-state index in [1.54, 1.807) is 0 Å². The van der Waals surface area contributed by atoms with Gasteiger partial charge in [0.15, 0.2) is 0 Å². The number of benzene rings is 1. The third-order valence-corrected chi connectivity index (χ3v) is 4.65. The fourth-order valence-corrected chi connectivity index (χ4v) is 2.99. The summed E-state index contributed by atoms with van der Waals surface area (Å²) in [6.07, 6.45) is 0. The van der Waals surface area contributed by atoms with Crippen LogP contribution in [0.15, 0.2) is 30.3 Å². The SMILES string of the molecule is Cc1ccc(C(Cl)c2ccc(Cl)s2)cc1Cl. The summed E-state index contributed by atoms with van der Waals surface area (Å²) in [5.41, 5.74) is 2.05. The van der Waals surface area contributed by atoms with Crippen molar-refractivity contribution in [2.24, 2.45) is 0 Å². The lowest BCUT2D eigenvalue weighted by Gasteiger charge is -2.09. The smallest absolute Gasteiger partial charge is 0.0931 e. The Labute approximate surface area is 114 Å². The standard InChI is InChI=1S/C12H9Cl3S/c1-7-2-3-8(6-9(7)13)12(15)10-4-5-11(14)16-10/h2-6,12H,1H3. The predicted octanol–water partition coefficient (Wildman–Crippen LogP) is 5.69. The van der Waals surface area contributed by atoms with Crippen LogP contribution in [0.25, 0.3) is 0 Å². The monoisotopic (exact) mass is 290 g/mol. The molecule has 0 bridgehead atoms. The fraction of sp³-hybridized carbons (Fsp3) is 0.167. The van der Waals surface area contributed by atoms with Crippen LogP contribution in [0, 0.1) is 6.92 Å². The molecule has 0 amide bonds. The van der Waals surface area contributed by atoms with Crippen molar-refractivity contribution in [1.29, 1.82) is 0 Å². The average Bonchev–Trinajstić information content (AvgIpc) is 2.68. The molecule has 0 spiro atoms. The number of alkyl halides is 1. The Morgan fingerprint density at radius 1 is 1.12 bits per heavy atom. The summed E-state index contributed by atoms with van der Waals surface area (Å²) in [4.78, 5) is 1.03. The number of rotatable bonds is 2. The molecule has 16 heavy (non-hydrogen) atoms. The van der Waals surface area contributed by atoms with E-state index >= 15 is 0 Å². The highest BCUT2D eigenvalue weighted by atomic mass is 35.5. The van der Waals surface area contributed by atoms with Crippen molar-refractivity contribution in [3.8, 4) is 0 Å². The Morgan fingerprint density at radius 2 is 1.88 bits per heavy atom. The zero-order valence-electron chi connectivity index (χ0n) is 8.51. The molecule has 1 atom stereocenters. The van der Waals surface area contributed by atoms with Gasteiger partial charge in [0.05, 0.1) is 9.71 Å². The minimum Gasteiger partial charge on any atom is -0.127 e. The second kappa shape index (κ2) is 4.97. The quantitative estimate of drug-likeness (QED) is 0.623. The van der Waals surface area contributed by atoms with Crippen molar-refractivity contribution in [1.82, 2.24) is 0 Å². The lowest BCUT2D eigenvalue weighted by Crippen LogP contribution is -1.90. The molecule has 0 aliphatic heterocycles. The molecular formula is C12H9Cl3S. The van der Waals surface area contributed by atoms with Gasteiger partial charge in [0.1, 0.15) is 0 Å². The van der Waals surface area contributed by atoms with E-state index in [2.05, 4.69) is 0 Å². The highest BCUT2D eigenvalue weighted by Crippen LogP contribution is 2.36. The van der Waals surface area contributed by atoms with Gasteiger partial charge in [-0.1, -0.05) is 35.3 Å². The van der Waals surface area contributed by atoms with Crippen molar-refractivity contribution in [2.45, 2.75) is 12.3 Å². The molecule has 4 heteroatoms. The van der Waals surface area contributed by atoms with Crippen LogP contribution in [0.5, 0.6) is 0 Å². The van der Waals surface area contributed by atoms with Gasteiger partial charge < -0.3 is 0 Å². The third kappa shape index (κ3) is 2.54. The van der Waals surface area contributed by atoms with Crippen LogP contribution in [0.4, 0.5) is 0 Å². The first kappa shape index (κ1) is 12.3. The molecule has 0 radical (unpaired) electrons. The van der Waals surface area contributed by atoms with Crippen LogP contribution in [-0.4, -0.2) is 0 Å². The first-order valence-electron chi connectivity index (χ1n) is 4.73. The summed E-state index contributed by atoms with van der Waals surface area (Å²) < 4.78 is 0.749. The molecule has 1 aromatic carbocycles. The molecule has 2 aromatic rings. The van der Waals surface area contributed by atoms with Crippen LogP contribution in [0.3, 0.4) is 0 Å². The van der Waals surface area contributed by atoms with Crippen molar-refractivity contribution >= 4 is 46.1 Å².